The summed E-state index contributed by atoms with van der Waals surface area (Å²) in [5, 5.41) is 34.2. The van der Waals surface area contributed by atoms with Crippen molar-refractivity contribution in [1.29, 1.82) is 21.0 Å². The molecule has 0 aromatic heterocycles. The number of fused-ring (bicyclic) bond motifs is 1. The first-order valence-corrected chi connectivity index (χ1v) is 30.2. The molecule has 11 nitrogen and oxygen atoms in total. The fraction of sp³-hybridized carbons (Fsp3) is 0.207. The molecule has 0 atom stereocenters. The molecule has 0 bridgehead atoms. The summed E-state index contributed by atoms with van der Waals surface area (Å²) in [5.74, 6) is 3.62. The highest BCUT2D eigenvalue weighted by Crippen LogP contribution is 2.32. The molecule has 0 radical (unpaired) electrons. The van der Waals surface area contributed by atoms with Crippen LogP contribution in [0.1, 0.15) is 101 Å². The number of hydrogen-bond acceptors (Lipinski definition) is 11. The summed E-state index contributed by atoms with van der Waals surface area (Å²) < 4.78 is 66.8. The van der Waals surface area contributed by atoms with E-state index < -0.39 is 11.6 Å². The van der Waals surface area contributed by atoms with Gasteiger partial charge in [0.15, 0.2) is 17.3 Å². The van der Waals surface area contributed by atoms with Gasteiger partial charge in [-0.25, -0.2) is 13.2 Å². The lowest BCUT2D eigenvalue weighted by Crippen LogP contribution is -1.92. The molecule has 0 fully saturated rings. The van der Waals surface area contributed by atoms with Crippen LogP contribution in [0.2, 0.25) is 0 Å². The van der Waals surface area contributed by atoms with E-state index in [-0.39, 0.29) is 11.6 Å². The molecule has 0 saturated carbocycles. The quantitative estimate of drug-likeness (QED) is 0.150. The van der Waals surface area contributed by atoms with Crippen LogP contribution in [0.5, 0.6) is 34.5 Å². The van der Waals surface area contributed by atoms with Crippen LogP contribution in [-0.2, 0) is 0 Å². The minimum atomic E-state index is -0.530. The zero-order valence-electron chi connectivity index (χ0n) is 57.7. The van der Waals surface area contributed by atoms with E-state index in [0.717, 1.165) is 62.4 Å². The molecule has 0 saturated heterocycles. The SMILES string of the molecule is CC(=O)c1ccc(C)cc1.COc1cc(C#N)ccc1C.COc1cc(C)ccc1C#N.COc1ccc(C)cc1.COc1cccc(C)c1C#N.Cc1ccc(C#N)cc1.Cc1ccc(C)cc1.Cc1ccc(F)cc1.Cc1ccc(F)cc1F.Cc1ccc2c(c1)OCO2. The minimum Gasteiger partial charge on any atom is -0.497 e. The summed E-state index contributed by atoms with van der Waals surface area (Å²) >= 11 is 0. The van der Waals surface area contributed by atoms with Crippen LogP contribution in [-0.4, -0.2) is 41.0 Å². The summed E-state index contributed by atoms with van der Waals surface area (Å²) in [5.41, 5.74) is 15.5. The topological polar surface area (TPSA) is 168 Å². The van der Waals surface area contributed by atoms with Gasteiger partial charge in [0.1, 0.15) is 52.6 Å². The van der Waals surface area contributed by atoms with E-state index in [2.05, 4.69) is 57.2 Å². The molecule has 0 N–H and O–H groups in total. The van der Waals surface area contributed by atoms with Gasteiger partial charge in [-0.3, -0.25) is 4.79 Å². The molecule has 10 aromatic carbocycles. The van der Waals surface area contributed by atoms with Gasteiger partial charge in [0.05, 0.1) is 62.8 Å². The van der Waals surface area contributed by atoms with Gasteiger partial charge < -0.3 is 28.4 Å². The number of benzene rings is 10. The third-order valence-corrected chi connectivity index (χ3v) is 13.4. The van der Waals surface area contributed by atoms with Gasteiger partial charge in [0, 0.05) is 11.6 Å². The molecule has 0 aliphatic carbocycles. The Kier molecular flexibility index (Phi) is 37.6. The highest BCUT2D eigenvalue weighted by Gasteiger charge is 2.11. The number of rotatable bonds is 5. The molecule has 0 amide bonds. The summed E-state index contributed by atoms with van der Waals surface area (Å²) in [6.07, 6.45) is 0. The zero-order valence-corrected chi connectivity index (χ0v) is 57.7. The monoisotopic (exact) mass is 1290 g/mol. The molecule has 10 aromatic rings. The third kappa shape index (κ3) is 32.1. The van der Waals surface area contributed by atoms with Crippen molar-refractivity contribution in [1.82, 2.24) is 0 Å². The number of ether oxygens (including phenoxy) is 6. The van der Waals surface area contributed by atoms with E-state index >= 15 is 0 Å². The Morgan fingerprint density at radius 1 is 0.375 bits per heavy atom. The van der Waals surface area contributed by atoms with Crippen LogP contribution in [0.3, 0.4) is 0 Å². The smallest absolute Gasteiger partial charge is 0.231 e. The number of ketones is 1. The lowest BCUT2D eigenvalue weighted by Gasteiger charge is -2.03. The minimum absolute atomic E-state index is 0.125. The van der Waals surface area contributed by atoms with Crippen molar-refractivity contribution >= 4 is 5.78 Å². The highest BCUT2D eigenvalue weighted by molar-refractivity contribution is 5.94. The maximum atomic E-state index is 12.3. The van der Waals surface area contributed by atoms with Gasteiger partial charge in [-0.05, 0) is 196 Å². The second-order valence-electron chi connectivity index (χ2n) is 21.5. The number of Topliss-reactive ketones (excluding diaryl/α,β-unsaturated/α-hetero) is 1. The molecule has 1 heterocycles. The van der Waals surface area contributed by atoms with E-state index in [4.69, 9.17) is 49.5 Å². The van der Waals surface area contributed by atoms with Gasteiger partial charge >= 0.3 is 0 Å². The first kappa shape index (κ1) is 80.5. The van der Waals surface area contributed by atoms with Crippen molar-refractivity contribution in [3.05, 3.63) is 319 Å². The van der Waals surface area contributed by atoms with Crippen molar-refractivity contribution in [3.63, 3.8) is 0 Å². The highest BCUT2D eigenvalue weighted by atomic mass is 19.1. The molecule has 96 heavy (non-hydrogen) atoms. The zero-order chi connectivity index (χ0) is 71.5. The summed E-state index contributed by atoms with van der Waals surface area (Å²) in [4.78, 5) is 10.8. The van der Waals surface area contributed by atoms with E-state index in [0.29, 0.717) is 40.5 Å². The van der Waals surface area contributed by atoms with Crippen LogP contribution in [0.25, 0.3) is 0 Å². The summed E-state index contributed by atoms with van der Waals surface area (Å²) in [6, 6.07) is 72.0. The average Bonchev–Trinajstić information content (AvgIpc) is 1.84. The standard InChI is InChI=1S/3C9H9NO.C9H10O.C8H7N.C8H8O2.C8H10O.C8H10.C7H6F2.C7H7F/c1-7-3-4-8(6-10)5-9(7)11-2;1-7-3-4-8(6-10)9(5-7)11-2;1-7-4-3-5-9(11-2)8(7)6-10;1-7-3-5-9(6-4-7)8(2)10;1-7-2-4-8(6-9)5-3-7;1-6-2-3-7-8(4-6)10-5-9-7;1-7-3-5-8(9-2)6-4-7;1-7-3-5-8(2)6-4-7;1-5-2-3-6(8)4-7(5)9;1-6-2-4-7(8)5-3-6/h3*3-5H,1-2H3;3-6H,1-2H3;2-5H,1H3;2-4H,5H2,1H3;3-6H,1-2H3;3-6H,1-2H3;2-4H,1H3;2-5H,1H3. The number of nitriles is 4. The molecule has 1 aliphatic rings. The third-order valence-electron chi connectivity index (χ3n) is 13.4. The maximum absolute atomic E-state index is 12.3. The lowest BCUT2D eigenvalue weighted by molar-refractivity contribution is 0.101. The Bertz CT molecular complexity index is 4040. The van der Waals surface area contributed by atoms with E-state index in [9.17, 15) is 18.0 Å². The number of halogens is 3. The molecule has 14 heteroatoms. The van der Waals surface area contributed by atoms with E-state index in [1.54, 1.807) is 78.7 Å². The van der Waals surface area contributed by atoms with Crippen molar-refractivity contribution in [2.24, 2.45) is 0 Å². The number of methoxy groups -OCH3 is 4. The number of aryl methyl sites for hydroxylation is 11. The molecule has 0 unspecified atom stereocenters. The Labute approximate surface area is 566 Å². The van der Waals surface area contributed by atoms with Gasteiger partial charge in [-0.1, -0.05) is 155 Å². The first-order chi connectivity index (χ1) is 45.8. The Balaban J connectivity index is 0.000000364. The maximum Gasteiger partial charge on any atom is 0.231 e. The molecule has 496 valence electrons. The fourth-order valence-electron chi connectivity index (χ4n) is 7.57. The van der Waals surface area contributed by atoms with Crippen molar-refractivity contribution in [2.75, 3.05) is 35.2 Å². The van der Waals surface area contributed by atoms with Crippen LogP contribution >= 0.6 is 0 Å². The van der Waals surface area contributed by atoms with Crippen molar-refractivity contribution in [3.8, 4) is 58.8 Å². The van der Waals surface area contributed by atoms with Crippen LogP contribution in [0.4, 0.5) is 13.2 Å². The summed E-state index contributed by atoms with van der Waals surface area (Å²) in [7, 11) is 6.40. The van der Waals surface area contributed by atoms with Crippen molar-refractivity contribution < 1.29 is 46.4 Å². The second-order valence-corrected chi connectivity index (χ2v) is 21.5. The van der Waals surface area contributed by atoms with E-state index in [1.165, 1.54) is 57.6 Å². The Morgan fingerprint density at radius 2 is 0.812 bits per heavy atom. The second kappa shape index (κ2) is 44.8. The van der Waals surface area contributed by atoms with Crippen LogP contribution in [0, 0.1) is 139 Å². The number of carbonyl (C=O) groups is 1. The molecule has 11 rings (SSSR count). The largest absolute Gasteiger partial charge is 0.497 e. The van der Waals surface area contributed by atoms with Crippen LogP contribution < -0.4 is 28.4 Å². The summed E-state index contributed by atoms with van der Waals surface area (Å²) in [6.45, 7) is 23.5. The number of carbonyl (C=O) groups excluding carboxylic acids is 1. The van der Waals surface area contributed by atoms with Gasteiger partial charge in [-0.2, -0.15) is 21.0 Å². The van der Waals surface area contributed by atoms with Crippen molar-refractivity contribution in [2.45, 2.75) is 83.1 Å². The van der Waals surface area contributed by atoms with Gasteiger partial charge in [0.2, 0.25) is 6.79 Å². The number of nitrogens with zero attached hydrogens (tertiary/aromatic N) is 4. The average molecular weight is 1300 g/mol. The van der Waals surface area contributed by atoms with E-state index in [1.807, 2.05) is 182 Å². The molecule has 0 spiro atoms. The predicted octanol–water partition coefficient (Wildman–Crippen LogP) is 20.1. The van der Waals surface area contributed by atoms with Gasteiger partial charge in [-0.15, -0.1) is 0 Å². The predicted molar refractivity (Wildman–Crippen MR) is 378 cm³/mol. The fourth-order valence-corrected chi connectivity index (χ4v) is 7.57. The first-order valence-electron chi connectivity index (χ1n) is 30.2. The molecular formula is C82H85F3N4O7. The number of hydrogen-bond donors (Lipinski definition) is 0. The normalized spacial score (nSPS) is 9.53. The molecule has 1 aliphatic heterocycles. The lowest BCUT2D eigenvalue weighted by atomic mass is 10.1. The van der Waals surface area contributed by atoms with Gasteiger partial charge in [0.25, 0.3) is 0 Å². The molecular weight excluding hydrogens is 1210 g/mol. The Morgan fingerprint density at radius 3 is 1.26 bits per heavy atom. The van der Waals surface area contributed by atoms with Crippen LogP contribution in [0.15, 0.2) is 212 Å². The Hall–Kier alpha value is -11.6.